The molecule has 178 valence electrons. The van der Waals surface area contributed by atoms with E-state index in [2.05, 4.69) is 4.90 Å². The van der Waals surface area contributed by atoms with Gasteiger partial charge in [0.15, 0.2) is 0 Å². The zero-order chi connectivity index (χ0) is 23.1. The molecule has 2 heterocycles. The lowest BCUT2D eigenvalue weighted by atomic mass is 10.2. The van der Waals surface area contributed by atoms with Gasteiger partial charge in [0, 0.05) is 45.8 Å². The van der Waals surface area contributed by atoms with Crippen molar-refractivity contribution < 1.29 is 27.5 Å². The van der Waals surface area contributed by atoms with Crippen molar-refractivity contribution in [1.82, 2.24) is 19.0 Å². The molecule has 0 bridgehead atoms. The summed E-state index contributed by atoms with van der Waals surface area (Å²) >= 11 is 0. The first-order chi connectivity index (χ1) is 15.3. The van der Waals surface area contributed by atoms with E-state index in [0.717, 1.165) is 9.87 Å². The molecule has 1 aromatic carbocycles. The third kappa shape index (κ3) is 5.90. The molecule has 11 heteroatoms. The van der Waals surface area contributed by atoms with E-state index in [4.69, 9.17) is 9.47 Å². The van der Waals surface area contributed by atoms with Crippen molar-refractivity contribution in [2.45, 2.75) is 18.7 Å². The highest BCUT2D eigenvalue weighted by Gasteiger charge is 2.35. The number of aryl methyl sites for hydroxylation is 1. The Morgan fingerprint density at radius 3 is 2.19 bits per heavy atom. The van der Waals surface area contributed by atoms with E-state index < -0.39 is 22.1 Å². The normalized spacial score (nSPS) is 17.8. The number of nitrogens with zero attached hydrogens (tertiary/aromatic N) is 4. The van der Waals surface area contributed by atoms with Gasteiger partial charge in [-0.2, -0.15) is 0 Å². The molecule has 0 spiro atoms. The Morgan fingerprint density at radius 2 is 1.59 bits per heavy atom. The molecule has 2 saturated heterocycles. The number of urea groups is 1. The number of morpholine rings is 1. The number of ether oxygens (including phenoxy) is 2. The highest BCUT2D eigenvalue weighted by molar-refractivity contribution is 7.89. The molecule has 0 N–H and O–H groups in total. The maximum absolute atomic E-state index is 13.4. The van der Waals surface area contributed by atoms with Gasteiger partial charge in [-0.1, -0.05) is 17.7 Å². The van der Waals surface area contributed by atoms with Crippen LogP contribution in [0.2, 0.25) is 0 Å². The van der Waals surface area contributed by atoms with Crippen LogP contribution < -0.4 is 0 Å². The lowest BCUT2D eigenvalue weighted by molar-refractivity contribution is 0.0362. The monoisotopic (exact) mass is 468 g/mol. The molecule has 1 aromatic rings. The van der Waals surface area contributed by atoms with Gasteiger partial charge in [0.2, 0.25) is 0 Å². The lowest BCUT2D eigenvalue weighted by Gasteiger charge is -2.37. The van der Waals surface area contributed by atoms with Crippen LogP contribution in [0, 0.1) is 6.92 Å². The summed E-state index contributed by atoms with van der Waals surface area (Å²) in [5.41, 5.74) is 0.935. The fraction of sp³-hybridized carbons (Fsp3) is 0.619. The molecule has 3 amide bonds. The molecule has 2 aliphatic rings. The average Bonchev–Trinajstić information content (AvgIpc) is 2.80. The minimum Gasteiger partial charge on any atom is -0.450 e. The van der Waals surface area contributed by atoms with E-state index in [1.807, 2.05) is 6.92 Å². The molecule has 10 nitrogen and oxygen atoms in total. The van der Waals surface area contributed by atoms with Gasteiger partial charge in [-0.25, -0.2) is 22.3 Å². The standard InChI is InChI=1S/C21H32N4O6S/c1-3-31-21(27)24-11-9-23(10-12-24)20(26)25(13-8-22-14-16-30-17-15-22)32(28,29)19-6-4-18(2)5-7-19/h4-7H,3,8-17H2,1-2H3. The minimum absolute atomic E-state index is 0.0487. The number of hydrogen-bond acceptors (Lipinski definition) is 7. The summed E-state index contributed by atoms with van der Waals surface area (Å²) in [7, 11) is -4.03. The first-order valence-electron chi connectivity index (χ1n) is 10.9. The topological polar surface area (TPSA) is 99.7 Å². The van der Waals surface area contributed by atoms with Crippen LogP contribution in [0.4, 0.5) is 9.59 Å². The number of piperazine rings is 1. The summed E-state index contributed by atoms with van der Waals surface area (Å²) in [5, 5.41) is 0. The second-order valence-corrected chi connectivity index (χ2v) is 9.66. The number of hydrogen-bond donors (Lipinski definition) is 0. The summed E-state index contributed by atoms with van der Waals surface area (Å²) in [5.74, 6) is 0. The van der Waals surface area contributed by atoms with Gasteiger partial charge in [0.25, 0.3) is 10.0 Å². The fourth-order valence-electron chi connectivity index (χ4n) is 3.67. The summed E-state index contributed by atoms with van der Waals surface area (Å²) in [4.78, 5) is 30.5. The van der Waals surface area contributed by atoms with E-state index in [1.54, 1.807) is 19.1 Å². The third-order valence-corrected chi connectivity index (χ3v) is 7.41. The molecule has 32 heavy (non-hydrogen) atoms. The minimum atomic E-state index is -4.03. The van der Waals surface area contributed by atoms with Crippen LogP contribution in [0.1, 0.15) is 12.5 Å². The van der Waals surface area contributed by atoms with Crippen LogP contribution in [0.25, 0.3) is 0 Å². The van der Waals surface area contributed by atoms with Crippen LogP contribution in [0.15, 0.2) is 29.2 Å². The molecular formula is C21H32N4O6S. The Labute approximate surface area is 189 Å². The lowest BCUT2D eigenvalue weighted by Crippen LogP contribution is -2.56. The largest absolute Gasteiger partial charge is 0.450 e. The summed E-state index contributed by atoms with van der Waals surface area (Å²) in [6.45, 7) is 8.04. The van der Waals surface area contributed by atoms with Gasteiger partial charge in [-0.3, -0.25) is 4.90 Å². The zero-order valence-electron chi connectivity index (χ0n) is 18.7. The molecule has 3 rings (SSSR count). The highest BCUT2D eigenvalue weighted by Crippen LogP contribution is 2.19. The number of rotatable bonds is 6. The predicted molar refractivity (Wildman–Crippen MR) is 118 cm³/mol. The van der Waals surface area contributed by atoms with Crippen molar-refractivity contribution in [3.8, 4) is 0 Å². The Balaban J connectivity index is 1.74. The van der Waals surface area contributed by atoms with Gasteiger partial charge in [0.1, 0.15) is 0 Å². The van der Waals surface area contributed by atoms with Crippen LogP contribution in [-0.2, 0) is 19.5 Å². The van der Waals surface area contributed by atoms with E-state index in [9.17, 15) is 18.0 Å². The summed E-state index contributed by atoms with van der Waals surface area (Å²) in [6, 6.07) is 5.92. The Morgan fingerprint density at radius 1 is 1.00 bits per heavy atom. The smallest absolute Gasteiger partial charge is 0.409 e. The summed E-state index contributed by atoms with van der Waals surface area (Å²) < 4.78 is 38.1. The number of sulfonamides is 1. The first-order valence-corrected chi connectivity index (χ1v) is 12.4. The Bertz CT molecular complexity index is 878. The van der Waals surface area contributed by atoms with Crippen molar-refractivity contribution in [1.29, 1.82) is 0 Å². The van der Waals surface area contributed by atoms with Gasteiger partial charge in [0.05, 0.1) is 31.3 Å². The molecule has 2 fully saturated rings. The van der Waals surface area contributed by atoms with Crippen molar-refractivity contribution in [3.63, 3.8) is 0 Å². The third-order valence-electron chi connectivity index (χ3n) is 5.62. The second kappa shape index (κ2) is 11.0. The molecule has 0 saturated carbocycles. The van der Waals surface area contributed by atoms with E-state index in [-0.39, 0.29) is 31.1 Å². The molecule has 0 unspecified atom stereocenters. The van der Waals surface area contributed by atoms with Crippen molar-refractivity contribution in [2.24, 2.45) is 0 Å². The van der Waals surface area contributed by atoms with Crippen molar-refractivity contribution >= 4 is 22.1 Å². The molecular weight excluding hydrogens is 436 g/mol. The van der Waals surface area contributed by atoms with Gasteiger partial charge in [-0.15, -0.1) is 0 Å². The maximum Gasteiger partial charge on any atom is 0.409 e. The molecule has 0 aliphatic carbocycles. The number of amides is 3. The van der Waals surface area contributed by atoms with Crippen molar-refractivity contribution in [3.05, 3.63) is 29.8 Å². The highest BCUT2D eigenvalue weighted by atomic mass is 32.2. The second-order valence-electron chi connectivity index (χ2n) is 7.80. The quantitative estimate of drug-likeness (QED) is 0.619. The molecule has 0 aromatic heterocycles. The van der Waals surface area contributed by atoms with Crippen LogP contribution in [-0.4, -0.2) is 112 Å². The number of benzene rings is 1. The SMILES string of the molecule is CCOC(=O)N1CCN(C(=O)N(CCN2CCOCC2)S(=O)(=O)c2ccc(C)cc2)CC1. The van der Waals surface area contributed by atoms with Crippen LogP contribution in [0.5, 0.6) is 0 Å². The van der Waals surface area contributed by atoms with Crippen LogP contribution in [0.3, 0.4) is 0 Å². The first kappa shape index (κ1) is 24.3. The summed E-state index contributed by atoms with van der Waals surface area (Å²) in [6.07, 6.45) is -0.420. The predicted octanol–water partition coefficient (Wildman–Crippen LogP) is 1.21. The van der Waals surface area contributed by atoms with Crippen molar-refractivity contribution in [2.75, 3.05) is 72.2 Å². The zero-order valence-corrected chi connectivity index (χ0v) is 19.6. The molecule has 0 atom stereocenters. The number of carbonyl (C=O) groups is 2. The maximum atomic E-state index is 13.4. The van der Waals surface area contributed by atoms with E-state index in [0.29, 0.717) is 45.9 Å². The average molecular weight is 469 g/mol. The van der Waals surface area contributed by atoms with Gasteiger partial charge in [-0.05, 0) is 26.0 Å². The van der Waals surface area contributed by atoms with Crippen LogP contribution >= 0.6 is 0 Å². The molecule has 0 radical (unpaired) electrons. The van der Waals surface area contributed by atoms with Gasteiger partial charge >= 0.3 is 12.1 Å². The fourth-order valence-corrected chi connectivity index (χ4v) is 5.04. The Hall–Kier alpha value is -2.37. The van der Waals surface area contributed by atoms with Gasteiger partial charge < -0.3 is 19.3 Å². The molecule has 2 aliphatic heterocycles. The van der Waals surface area contributed by atoms with E-state index >= 15 is 0 Å². The number of carbonyl (C=O) groups excluding carboxylic acids is 2. The van der Waals surface area contributed by atoms with E-state index in [1.165, 1.54) is 21.9 Å². The Kier molecular flexibility index (Phi) is 8.32.